The molecule has 1 aromatic rings. The van der Waals surface area contributed by atoms with Crippen LogP contribution < -0.4 is 5.32 Å². The predicted octanol–water partition coefficient (Wildman–Crippen LogP) is 2.62. The molecule has 20 heavy (non-hydrogen) atoms. The van der Waals surface area contributed by atoms with E-state index >= 15 is 0 Å². The lowest BCUT2D eigenvalue weighted by Gasteiger charge is -2.36. The van der Waals surface area contributed by atoms with Crippen molar-refractivity contribution in [2.75, 3.05) is 13.1 Å². The molecule has 1 amide bonds. The van der Waals surface area contributed by atoms with Crippen LogP contribution in [0, 0.1) is 0 Å². The molecule has 1 N–H and O–H groups in total. The summed E-state index contributed by atoms with van der Waals surface area (Å²) < 4.78 is 39.0. The molecule has 110 valence electrons. The quantitative estimate of drug-likeness (QED) is 0.799. The first-order valence-corrected chi connectivity index (χ1v) is 6.14. The maximum Gasteiger partial charge on any atom is 0.417 e. The Kier molecular flexibility index (Phi) is 3.73. The van der Waals surface area contributed by atoms with Crippen molar-refractivity contribution in [2.24, 2.45) is 0 Å². The third kappa shape index (κ3) is 2.07. The summed E-state index contributed by atoms with van der Waals surface area (Å²) in [6.07, 6.45) is -4.49. The first kappa shape index (κ1) is 15.1. The number of rotatable bonds is 0. The molecule has 2 aliphatic rings. The van der Waals surface area contributed by atoms with Gasteiger partial charge in [0.15, 0.2) is 0 Å². The van der Waals surface area contributed by atoms with Gasteiger partial charge in [0.2, 0.25) is 0 Å². The molecule has 2 heterocycles. The Morgan fingerprint density at radius 2 is 2.00 bits per heavy atom. The fourth-order valence-electron chi connectivity index (χ4n) is 2.99. The predicted molar refractivity (Wildman–Crippen MR) is 69.9 cm³/mol. The third-order valence-corrected chi connectivity index (χ3v) is 3.80. The average molecular weight is 307 g/mol. The van der Waals surface area contributed by atoms with Crippen molar-refractivity contribution in [1.82, 2.24) is 10.2 Å². The van der Waals surface area contributed by atoms with Gasteiger partial charge in [-0.3, -0.25) is 4.79 Å². The molecule has 0 radical (unpaired) electrons. The Hall–Kier alpha value is -1.27. The van der Waals surface area contributed by atoms with E-state index in [1.807, 2.05) is 6.92 Å². The normalized spacial score (nSPS) is 25.0. The standard InChI is InChI=1S/C13H13F3N2O.ClH/c1-7-5-17-6-10-8-3-2-4-9(13(14,15)16)11(8)12(19)18(7)10;/h2-4,7,10,17H,5-6H2,1H3;1H/t7-,10+;/m0./s1. The van der Waals surface area contributed by atoms with Gasteiger partial charge in [-0.05, 0) is 18.6 Å². The number of nitrogens with zero attached hydrogens (tertiary/aromatic N) is 1. The fraction of sp³-hybridized carbons (Fsp3) is 0.462. The molecule has 2 atom stereocenters. The van der Waals surface area contributed by atoms with Crippen molar-refractivity contribution in [1.29, 1.82) is 0 Å². The van der Waals surface area contributed by atoms with Gasteiger partial charge in [-0.2, -0.15) is 13.2 Å². The molecule has 7 heteroatoms. The monoisotopic (exact) mass is 306 g/mol. The van der Waals surface area contributed by atoms with E-state index in [0.717, 1.165) is 6.07 Å². The van der Waals surface area contributed by atoms with Gasteiger partial charge in [-0.25, -0.2) is 0 Å². The topological polar surface area (TPSA) is 32.3 Å². The van der Waals surface area contributed by atoms with Crippen LogP contribution in [0.1, 0.15) is 34.5 Å². The van der Waals surface area contributed by atoms with Crippen molar-refractivity contribution in [2.45, 2.75) is 25.2 Å². The van der Waals surface area contributed by atoms with Crippen molar-refractivity contribution >= 4 is 18.3 Å². The molecular formula is C13H14ClF3N2O. The number of piperazine rings is 1. The van der Waals surface area contributed by atoms with Crippen molar-refractivity contribution in [3.05, 3.63) is 34.9 Å². The molecule has 3 nitrogen and oxygen atoms in total. The first-order chi connectivity index (χ1) is 8.91. The molecule has 2 aliphatic heterocycles. The molecule has 1 saturated heterocycles. The lowest BCUT2D eigenvalue weighted by Crippen LogP contribution is -2.50. The molecule has 0 unspecified atom stereocenters. The maximum absolute atomic E-state index is 13.0. The van der Waals surface area contributed by atoms with E-state index in [4.69, 9.17) is 0 Å². The Labute approximate surface area is 120 Å². The van der Waals surface area contributed by atoms with E-state index in [2.05, 4.69) is 5.32 Å². The van der Waals surface area contributed by atoms with Crippen LogP contribution >= 0.6 is 12.4 Å². The molecular weight excluding hydrogens is 293 g/mol. The number of hydrogen-bond acceptors (Lipinski definition) is 2. The summed E-state index contributed by atoms with van der Waals surface area (Å²) >= 11 is 0. The summed E-state index contributed by atoms with van der Waals surface area (Å²) in [7, 11) is 0. The number of benzene rings is 1. The van der Waals surface area contributed by atoms with Crippen molar-refractivity contribution < 1.29 is 18.0 Å². The van der Waals surface area contributed by atoms with Crippen LogP contribution in [0.3, 0.4) is 0 Å². The maximum atomic E-state index is 13.0. The third-order valence-electron chi connectivity index (χ3n) is 3.80. The van der Waals surface area contributed by atoms with E-state index in [1.54, 1.807) is 11.0 Å². The summed E-state index contributed by atoms with van der Waals surface area (Å²) in [5, 5.41) is 3.15. The zero-order valence-electron chi connectivity index (χ0n) is 10.7. The van der Waals surface area contributed by atoms with E-state index < -0.39 is 17.6 Å². The lowest BCUT2D eigenvalue weighted by molar-refractivity contribution is -0.137. The lowest BCUT2D eigenvalue weighted by atomic mass is 9.98. The molecule has 0 bridgehead atoms. The molecule has 0 spiro atoms. The number of amides is 1. The number of carbonyl (C=O) groups excluding carboxylic acids is 1. The Balaban J connectivity index is 0.00000147. The minimum absolute atomic E-state index is 0. The zero-order valence-corrected chi connectivity index (χ0v) is 11.5. The second-order valence-electron chi connectivity index (χ2n) is 5.00. The van der Waals surface area contributed by atoms with Crippen LogP contribution in [0.5, 0.6) is 0 Å². The highest BCUT2D eigenvalue weighted by Gasteiger charge is 2.46. The summed E-state index contributed by atoms with van der Waals surface area (Å²) in [6, 6.07) is 3.59. The van der Waals surface area contributed by atoms with E-state index in [9.17, 15) is 18.0 Å². The highest BCUT2D eigenvalue weighted by atomic mass is 35.5. The fourth-order valence-corrected chi connectivity index (χ4v) is 2.99. The minimum atomic E-state index is -4.49. The molecule has 1 fully saturated rings. The molecule has 0 saturated carbocycles. The Morgan fingerprint density at radius 1 is 1.30 bits per heavy atom. The molecule has 0 aromatic heterocycles. The molecule has 1 aromatic carbocycles. The summed E-state index contributed by atoms with van der Waals surface area (Å²) in [4.78, 5) is 13.9. The Morgan fingerprint density at radius 3 is 2.65 bits per heavy atom. The van der Waals surface area contributed by atoms with Crippen molar-refractivity contribution in [3.8, 4) is 0 Å². The first-order valence-electron chi connectivity index (χ1n) is 6.14. The van der Waals surface area contributed by atoms with Gasteiger partial charge in [0.1, 0.15) is 0 Å². The van der Waals surface area contributed by atoms with Crippen LogP contribution in [0.15, 0.2) is 18.2 Å². The second kappa shape index (κ2) is 4.93. The number of fused-ring (bicyclic) bond motifs is 3. The van der Waals surface area contributed by atoms with Crippen LogP contribution in [0.2, 0.25) is 0 Å². The van der Waals surface area contributed by atoms with Gasteiger partial charge in [0, 0.05) is 19.1 Å². The van der Waals surface area contributed by atoms with Gasteiger partial charge < -0.3 is 10.2 Å². The second-order valence-corrected chi connectivity index (χ2v) is 5.00. The van der Waals surface area contributed by atoms with Crippen LogP contribution in [-0.2, 0) is 6.18 Å². The molecule has 0 aliphatic carbocycles. The number of alkyl halides is 3. The number of hydrogen-bond donors (Lipinski definition) is 1. The largest absolute Gasteiger partial charge is 0.417 e. The average Bonchev–Trinajstić information content (AvgIpc) is 2.64. The zero-order chi connectivity index (χ0) is 13.8. The number of carbonyl (C=O) groups is 1. The van der Waals surface area contributed by atoms with Crippen LogP contribution in [0.25, 0.3) is 0 Å². The SMILES string of the molecule is C[C@H]1CNC[C@@H]2c3cccc(C(F)(F)F)c3C(=O)N21.Cl. The van der Waals surface area contributed by atoms with E-state index in [-0.39, 0.29) is 30.1 Å². The summed E-state index contributed by atoms with van der Waals surface area (Å²) in [5.41, 5.74) is -0.508. The number of nitrogens with one attached hydrogen (secondary N) is 1. The minimum Gasteiger partial charge on any atom is -0.326 e. The van der Waals surface area contributed by atoms with E-state index in [0.29, 0.717) is 18.7 Å². The van der Waals surface area contributed by atoms with E-state index in [1.165, 1.54) is 6.07 Å². The highest BCUT2D eigenvalue weighted by Crippen LogP contribution is 2.42. The summed E-state index contributed by atoms with van der Waals surface area (Å²) in [6.45, 7) is 2.96. The number of halogens is 4. The van der Waals surface area contributed by atoms with Crippen LogP contribution in [-0.4, -0.2) is 29.9 Å². The summed E-state index contributed by atoms with van der Waals surface area (Å²) in [5.74, 6) is -0.498. The van der Waals surface area contributed by atoms with Gasteiger partial charge >= 0.3 is 6.18 Å². The molecule has 3 rings (SSSR count). The van der Waals surface area contributed by atoms with Gasteiger partial charge in [0.05, 0.1) is 17.2 Å². The highest BCUT2D eigenvalue weighted by molar-refractivity contribution is 6.01. The Bertz CT molecular complexity index is 547. The van der Waals surface area contributed by atoms with Gasteiger partial charge in [-0.1, -0.05) is 12.1 Å². The van der Waals surface area contributed by atoms with Gasteiger partial charge in [-0.15, -0.1) is 12.4 Å². The smallest absolute Gasteiger partial charge is 0.326 e. The van der Waals surface area contributed by atoms with Crippen molar-refractivity contribution in [3.63, 3.8) is 0 Å². The van der Waals surface area contributed by atoms with Crippen LogP contribution in [0.4, 0.5) is 13.2 Å². The van der Waals surface area contributed by atoms with Gasteiger partial charge in [0.25, 0.3) is 5.91 Å².